The molecule has 0 bridgehead atoms. The predicted molar refractivity (Wildman–Crippen MR) is 110 cm³/mol. The smallest absolute Gasteiger partial charge is 0.416 e. The van der Waals surface area contributed by atoms with Crippen LogP contribution >= 0.6 is 21.6 Å². The summed E-state index contributed by atoms with van der Waals surface area (Å²) in [6.45, 7) is 0. The Morgan fingerprint density at radius 2 is 1.79 bits per heavy atom. The fourth-order valence-electron chi connectivity index (χ4n) is 2.23. The molecule has 0 radical (unpaired) electrons. The van der Waals surface area contributed by atoms with Gasteiger partial charge in [-0.05, 0) is 40.8 Å². The van der Waals surface area contributed by atoms with Crippen LogP contribution in [0.3, 0.4) is 0 Å². The first kappa shape index (κ1) is 22.7. The zero-order chi connectivity index (χ0) is 20.6. The maximum absolute atomic E-state index is 12.5. The number of halogens is 3. The van der Waals surface area contributed by atoms with Gasteiger partial charge in [0.1, 0.15) is 5.75 Å². The summed E-state index contributed by atoms with van der Waals surface area (Å²) in [7, 11) is 1.14. The van der Waals surface area contributed by atoms with Crippen molar-refractivity contribution in [2.75, 3.05) is 12.9 Å². The zero-order valence-corrected chi connectivity index (χ0v) is 17.4. The third-order valence-electron chi connectivity index (χ3n) is 3.60. The molecule has 28 heavy (non-hydrogen) atoms. The van der Waals surface area contributed by atoms with Crippen LogP contribution in [0.1, 0.15) is 16.7 Å². The van der Waals surface area contributed by atoms with Crippen LogP contribution in [0.15, 0.2) is 60.0 Å². The van der Waals surface area contributed by atoms with Gasteiger partial charge in [0, 0.05) is 5.75 Å². The maximum atomic E-state index is 12.5. The van der Waals surface area contributed by atoms with Crippen molar-refractivity contribution < 1.29 is 26.3 Å². The molecule has 2 aromatic rings. The SMILES string of the molecule is COc1cccc(CSS/C=C\CS(=O)(=O)Cc2ccc(C(F)(F)F)cc2)c1. The largest absolute Gasteiger partial charge is 0.497 e. The summed E-state index contributed by atoms with van der Waals surface area (Å²) in [4.78, 5) is 0. The lowest BCUT2D eigenvalue weighted by Gasteiger charge is -2.07. The number of sulfone groups is 1. The van der Waals surface area contributed by atoms with E-state index >= 15 is 0 Å². The summed E-state index contributed by atoms with van der Waals surface area (Å²) >= 11 is 0. The molecule has 0 heterocycles. The lowest BCUT2D eigenvalue weighted by Crippen LogP contribution is -2.08. The van der Waals surface area contributed by atoms with E-state index in [9.17, 15) is 21.6 Å². The monoisotopic (exact) mass is 448 g/mol. The van der Waals surface area contributed by atoms with Crippen molar-refractivity contribution in [2.45, 2.75) is 17.7 Å². The van der Waals surface area contributed by atoms with Gasteiger partial charge in [-0.15, -0.1) is 0 Å². The van der Waals surface area contributed by atoms with Gasteiger partial charge >= 0.3 is 6.18 Å². The van der Waals surface area contributed by atoms with Crippen LogP contribution in [-0.2, 0) is 27.5 Å². The molecule has 0 N–H and O–H groups in total. The molecule has 0 aliphatic heterocycles. The Morgan fingerprint density at radius 1 is 1.07 bits per heavy atom. The third-order valence-corrected chi connectivity index (χ3v) is 7.06. The third kappa shape index (κ3) is 7.81. The van der Waals surface area contributed by atoms with Crippen molar-refractivity contribution in [2.24, 2.45) is 0 Å². The molecule has 0 spiro atoms. The molecular weight excluding hydrogens is 429 g/mol. The van der Waals surface area contributed by atoms with Gasteiger partial charge in [0.2, 0.25) is 0 Å². The summed E-state index contributed by atoms with van der Waals surface area (Å²) in [5.41, 5.74) is 0.639. The average molecular weight is 449 g/mol. The topological polar surface area (TPSA) is 43.4 Å². The van der Waals surface area contributed by atoms with Gasteiger partial charge in [-0.1, -0.05) is 51.9 Å². The summed E-state index contributed by atoms with van der Waals surface area (Å²) in [6.07, 6.45) is -2.89. The first-order valence-corrected chi connectivity index (χ1v) is 12.3. The van der Waals surface area contributed by atoms with Gasteiger partial charge in [-0.2, -0.15) is 13.2 Å². The fourth-order valence-corrected chi connectivity index (χ4v) is 5.28. The van der Waals surface area contributed by atoms with Gasteiger partial charge < -0.3 is 4.74 Å². The van der Waals surface area contributed by atoms with Gasteiger partial charge in [0.05, 0.1) is 24.2 Å². The molecular formula is C19H19F3O3S3. The van der Waals surface area contributed by atoms with Crippen molar-refractivity contribution in [1.29, 1.82) is 0 Å². The van der Waals surface area contributed by atoms with Crippen molar-refractivity contribution in [3.63, 3.8) is 0 Å². The second-order valence-electron chi connectivity index (χ2n) is 5.83. The molecule has 0 aliphatic carbocycles. The highest BCUT2D eigenvalue weighted by Crippen LogP contribution is 2.30. The van der Waals surface area contributed by atoms with E-state index in [2.05, 4.69) is 0 Å². The number of hydrogen-bond donors (Lipinski definition) is 0. The van der Waals surface area contributed by atoms with Crippen LogP contribution < -0.4 is 4.74 Å². The van der Waals surface area contributed by atoms with Crippen molar-refractivity contribution in [1.82, 2.24) is 0 Å². The van der Waals surface area contributed by atoms with E-state index < -0.39 is 21.6 Å². The minimum Gasteiger partial charge on any atom is -0.497 e. The predicted octanol–water partition coefficient (Wildman–Crippen LogP) is 5.72. The Hall–Kier alpha value is -1.58. The van der Waals surface area contributed by atoms with E-state index in [0.29, 0.717) is 5.56 Å². The van der Waals surface area contributed by atoms with Gasteiger partial charge in [-0.25, -0.2) is 8.42 Å². The summed E-state index contributed by atoms with van der Waals surface area (Å²) < 4.78 is 67.0. The van der Waals surface area contributed by atoms with E-state index in [1.807, 2.05) is 24.3 Å². The highest BCUT2D eigenvalue weighted by molar-refractivity contribution is 8.77. The molecule has 0 aromatic heterocycles. The number of benzene rings is 2. The zero-order valence-electron chi connectivity index (χ0n) is 15.0. The van der Waals surface area contributed by atoms with E-state index in [0.717, 1.165) is 29.2 Å². The van der Waals surface area contributed by atoms with Gasteiger partial charge in [-0.3, -0.25) is 0 Å². The fraction of sp³-hybridized carbons (Fsp3) is 0.263. The Labute approximate surface area is 170 Å². The average Bonchev–Trinajstić information content (AvgIpc) is 2.64. The number of hydrogen-bond acceptors (Lipinski definition) is 5. The summed E-state index contributed by atoms with van der Waals surface area (Å²) in [5, 5.41) is 1.70. The molecule has 0 unspecified atom stereocenters. The van der Waals surface area contributed by atoms with Crippen molar-refractivity contribution in [3.8, 4) is 5.75 Å². The van der Waals surface area contributed by atoms with Gasteiger partial charge in [0.25, 0.3) is 0 Å². The standard InChI is InChI=1S/C19H19F3O3S3/c1-25-18-5-2-4-16(12-18)13-27-26-10-3-11-28(23,24)14-15-6-8-17(9-7-15)19(20,21)22/h2-10,12H,11,13-14H2,1H3/b10-3-. The van der Waals surface area contributed by atoms with E-state index in [1.165, 1.54) is 22.9 Å². The van der Waals surface area contributed by atoms with E-state index in [1.54, 1.807) is 29.4 Å². The molecule has 0 atom stereocenters. The highest BCUT2D eigenvalue weighted by Gasteiger charge is 2.30. The van der Waals surface area contributed by atoms with E-state index in [-0.39, 0.29) is 11.5 Å². The molecule has 3 nitrogen and oxygen atoms in total. The number of alkyl halides is 3. The van der Waals surface area contributed by atoms with Crippen LogP contribution in [0, 0.1) is 0 Å². The first-order chi connectivity index (χ1) is 13.2. The second-order valence-corrected chi connectivity index (χ2v) is 10.2. The number of ether oxygens (including phenoxy) is 1. The normalized spacial score (nSPS) is 12.4. The Bertz CT molecular complexity index is 893. The molecule has 2 rings (SSSR count). The van der Waals surface area contributed by atoms with Crippen LogP contribution in [0.5, 0.6) is 5.75 Å². The van der Waals surface area contributed by atoms with Crippen LogP contribution in [-0.4, -0.2) is 21.3 Å². The van der Waals surface area contributed by atoms with Gasteiger partial charge in [0.15, 0.2) is 9.84 Å². The van der Waals surface area contributed by atoms with Crippen LogP contribution in [0.25, 0.3) is 0 Å². The number of methoxy groups -OCH3 is 1. The Kier molecular flexibility index (Phi) is 8.33. The Balaban J connectivity index is 1.77. The van der Waals surface area contributed by atoms with E-state index in [4.69, 9.17) is 4.74 Å². The molecule has 0 saturated heterocycles. The molecule has 152 valence electrons. The molecule has 0 saturated carbocycles. The highest BCUT2D eigenvalue weighted by atomic mass is 33.1. The quantitative estimate of drug-likeness (QED) is 0.362. The van der Waals surface area contributed by atoms with Crippen molar-refractivity contribution in [3.05, 3.63) is 76.7 Å². The minimum absolute atomic E-state index is 0.166. The maximum Gasteiger partial charge on any atom is 0.416 e. The summed E-state index contributed by atoms with van der Waals surface area (Å²) in [6, 6.07) is 11.9. The molecule has 0 amide bonds. The molecule has 0 fully saturated rings. The second kappa shape index (κ2) is 10.3. The van der Waals surface area contributed by atoms with Crippen LogP contribution in [0.2, 0.25) is 0 Å². The molecule has 9 heteroatoms. The Morgan fingerprint density at radius 3 is 2.43 bits per heavy atom. The van der Waals surface area contributed by atoms with Crippen molar-refractivity contribution >= 4 is 31.4 Å². The number of rotatable bonds is 9. The van der Waals surface area contributed by atoms with Crippen LogP contribution in [0.4, 0.5) is 13.2 Å². The first-order valence-electron chi connectivity index (χ1n) is 8.12. The summed E-state index contributed by atoms with van der Waals surface area (Å²) in [5.74, 6) is 1.07. The lowest BCUT2D eigenvalue weighted by molar-refractivity contribution is -0.137. The molecule has 0 aliphatic rings. The minimum atomic E-state index is -4.43. The lowest BCUT2D eigenvalue weighted by atomic mass is 10.1. The molecule has 2 aromatic carbocycles.